The van der Waals surface area contributed by atoms with Gasteiger partial charge in [0.1, 0.15) is 17.5 Å². The van der Waals surface area contributed by atoms with Gasteiger partial charge in [-0.25, -0.2) is 0 Å². The third-order valence-electron chi connectivity index (χ3n) is 2.22. The fourth-order valence-corrected chi connectivity index (χ4v) is 1.51. The van der Waals surface area contributed by atoms with Gasteiger partial charge in [-0.3, -0.25) is 9.59 Å². The van der Waals surface area contributed by atoms with Gasteiger partial charge in [0.25, 0.3) is 0 Å². The van der Waals surface area contributed by atoms with Crippen molar-refractivity contribution in [1.82, 2.24) is 0 Å². The molecule has 0 spiro atoms. The highest BCUT2D eigenvalue weighted by Crippen LogP contribution is 2.18. The molecule has 0 aliphatic rings. The first kappa shape index (κ1) is 10.6. The molecule has 1 aromatic carbocycles. The summed E-state index contributed by atoms with van der Waals surface area (Å²) in [5, 5.41) is 0. The highest BCUT2D eigenvalue weighted by Gasteiger charge is 2.20. The van der Waals surface area contributed by atoms with Crippen LogP contribution >= 0.6 is 0 Å². The molecular weight excluding hydrogens is 176 g/mol. The molecule has 0 saturated carbocycles. The normalized spacial score (nSPS) is 10.3. The average Bonchev–Trinajstić information content (AvgIpc) is 2.07. The fraction of sp³-hybridized carbons (Fsp3) is 0.333. The lowest BCUT2D eigenvalue weighted by atomic mass is 9.91. The van der Waals surface area contributed by atoms with Crippen molar-refractivity contribution in [3.05, 3.63) is 35.4 Å². The Morgan fingerprint density at radius 1 is 1.00 bits per heavy atom. The van der Waals surface area contributed by atoms with Crippen LogP contribution in [0.4, 0.5) is 0 Å². The van der Waals surface area contributed by atoms with Gasteiger partial charge in [0.15, 0.2) is 0 Å². The van der Waals surface area contributed by atoms with Crippen LogP contribution in [0.3, 0.4) is 0 Å². The molecule has 1 rings (SSSR count). The zero-order valence-electron chi connectivity index (χ0n) is 8.70. The molecule has 0 atom stereocenters. The van der Waals surface area contributed by atoms with Gasteiger partial charge in [-0.1, -0.05) is 29.8 Å². The van der Waals surface area contributed by atoms with Crippen LogP contribution in [0.15, 0.2) is 24.3 Å². The van der Waals surface area contributed by atoms with Crippen LogP contribution in [-0.2, 0) is 9.59 Å². The second kappa shape index (κ2) is 4.18. The SMILES string of the molecule is CC(=O)C(C(C)=O)c1ccc(C)cc1. The molecule has 0 aliphatic heterocycles. The number of rotatable bonds is 3. The molecule has 0 bridgehead atoms. The van der Waals surface area contributed by atoms with E-state index in [0.717, 1.165) is 11.1 Å². The van der Waals surface area contributed by atoms with Gasteiger partial charge in [0, 0.05) is 0 Å². The van der Waals surface area contributed by atoms with Crippen molar-refractivity contribution in [3.63, 3.8) is 0 Å². The van der Waals surface area contributed by atoms with Crippen molar-refractivity contribution >= 4 is 11.6 Å². The van der Waals surface area contributed by atoms with E-state index in [9.17, 15) is 9.59 Å². The molecular formula is C12H14O2. The van der Waals surface area contributed by atoms with Gasteiger partial charge >= 0.3 is 0 Å². The van der Waals surface area contributed by atoms with E-state index in [0.29, 0.717) is 0 Å². The van der Waals surface area contributed by atoms with Gasteiger partial charge in [0.05, 0.1) is 0 Å². The minimum Gasteiger partial charge on any atom is -0.299 e. The molecule has 0 radical (unpaired) electrons. The Morgan fingerprint density at radius 3 is 1.79 bits per heavy atom. The topological polar surface area (TPSA) is 34.1 Å². The molecule has 1 aromatic rings. The number of carbonyl (C=O) groups excluding carboxylic acids is 2. The van der Waals surface area contributed by atoms with Crippen LogP contribution in [0.2, 0.25) is 0 Å². The monoisotopic (exact) mass is 190 g/mol. The fourth-order valence-electron chi connectivity index (χ4n) is 1.51. The van der Waals surface area contributed by atoms with Gasteiger partial charge < -0.3 is 0 Å². The van der Waals surface area contributed by atoms with Crippen LogP contribution in [0.25, 0.3) is 0 Å². The molecule has 0 unspecified atom stereocenters. The van der Waals surface area contributed by atoms with E-state index >= 15 is 0 Å². The second-order valence-corrected chi connectivity index (χ2v) is 3.56. The van der Waals surface area contributed by atoms with Crippen molar-refractivity contribution < 1.29 is 9.59 Å². The van der Waals surface area contributed by atoms with E-state index in [-0.39, 0.29) is 11.6 Å². The molecule has 0 fully saturated rings. The third-order valence-corrected chi connectivity index (χ3v) is 2.22. The van der Waals surface area contributed by atoms with Gasteiger partial charge in [-0.05, 0) is 26.3 Å². The molecule has 0 aliphatic carbocycles. The predicted molar refractivity (Wildman–Crippen MR) is 55.3 cm³/mol. The molecule has 0 saturated heterocycles. The molecule has 2 heteroatoms. The summed E-state index contributed by atoms with van der Waals surface area (Å²) in [5.41, 5.74) is 1.91. The zero-order valence-corrected chi connectivity index (χ0v) is 8.70. The first-order chi connectivity index (χ1) is 6.52. The van der Waals surface area contributed by atoms with E-state index in [1.165, 1.54) is 13.8 Å². The summed E-state index contributed by atoms with van der Waals surface area (Å²) in [7, 11) is 0. The van der Waals surface area contributed by atoms with Crippen LogP contribution in [0, 0.1) is 6.92 Å². The van der Waals surface area contributed by atoms with Gasteiger partial charge in [0.2, 0.25) is 0 Å². The Balaban J connectivity index is 3.06. The lowest BCUT2D eigenvalue weighted by Gasteiger charge is -2.10. The maximum absolute atomic E-state index is 11.2. The Hall–Kier alpha value is -1.44. The quantitative estimate of drug-likeness (QED) is 0.685. The zero-order chi connectivity index (χ0) is 10.7. The number of hydrogen-bond donors (Lipinski definition) is 0. The first-order valence-electron chi connectivity index (χ1n) is 4.60. The van der Waals surface area contributed by atoms with Crippen LogP contribution in [0.5, 0.6) is 0 Å². The van der Waals surface area contributed by atoms with E-state index < -0.39 is 5.92 Å². The summed E-state index contributed by atoms with van der Waals surface area (Å²) in [4.78, 5) is 22.5. The Morgan fingerprint density at radius 2 is 1.43 bits per heavy atom. The average molecular weight is 190 g/mol. The number of hydrogen-bond acceptors (Lipinski definition) is 2. The number of benzene rings is 1. The van der Waals surface area contributed by atoms with E-state index in [1.807, 2.05) is 31.2 Å². The molecule has 2 nitrogen and oxygen atoms in total. The standard InChI is InChI=1S/C12H14O2/c1-8-4-6-11(7-5-8)12(9(2)13)10(3)14/h4-7,12H,1-3H3. The highest BCUT2D eigenvalue weighted by molar-refractivity contribution is 6.05. The lowest BCUT2D eigenvalue weighted by Crippen LogP contribution is -2.16. The van der Waals surface area contributed by atoms with Crippen molar-refractivity contribution in [1.29, 1.82) is 0 Å². The summed E-state index contributed by atoms with van der Waals surface area (Å²) in [5.74, 6) is -0.779. The maximum Gasteiger partial charge on any atom is 0.144 e. The molecule has 0 amide bonds. The largest absolute Gasteiger partial charge is 0.299 e. The molecule has 0 aromatic heterocycles. The minimum atomic E-state index is -0.587. The summed E-state index contributed by atoms with van der Waals surface area (Å²) in [6.07, 6.45) is 0. The van der Waals surface area contributed by atoms with Crippen LogP contribution < -0.4 is 0 Å². The maximum atomic E-state index is 11.2. The highest BCUT2D eigenvalue weighted by atomic mass is 16.1. The summed E-state index contributed by atoms with van der Waals surface area (Å²) >= 11 is 0. The molecule has 14 heavy (non-hydrogen) atoms. The summed E-state index contributed by atoms with van der Waals surface area (Å²) < 4.78 is 0. The number of Topliss-reactive ketones (excluding diaryl/α,β-unsaturated/α-hetero) is 2. The number of carbonyl (C=O) groups is 2. The van der Waals surface area contributed by atoms with E-state index in [2.05, 4.69) is 0 Å². The summed E-state index contributed by atoms with van der Waals surface area (Å²) in [6, 6.07) is 7.49. The smallest absolute Gasteiger partial charge is 0.144 e. The van der Waals surface area contributed by atoms with E-state index in [4.69, 9.17) is 0 Å². The Kier molecular flexibility index (Phi) is 3.18. The second-order valence-electron chi connectivity index (χ2n) is 3.56. The molecule has 0 N–H and O–H groups in total. The Labute approximate surface area is 83.9 Å². The van der Waals surface area contributed by atoms with Crippen molar-refractivity contribution in [2.45, 2.75) is 26.7 Å². The third kappa shape index (κ3) is 2.28. The predicted octanol–water partition coefficient (Wildman–Crippen LogP) is 2.26. The number of ketones is 2. The minimum absolute atomic E-state index is 0.0960. The van der Waals surface area contributed by atoms with Crippen molar-refractivity contribution in [2.75, 3.05) is 0 Å². The van der Waals surface area contributed by atoms with E-state index in [1.54, 1.807) is 0 Å². The van der Waals surface area contributed by atoms with Crippen LogP contribution in [-0.4, -0.2) is 11.6 Å². The van der Waals surface area contributed by atoms with Crippen molar-refractivity contribution in [3.8, 4) is 0 Å². The Bertz CT molecular complexity index is 335. The number of aryl methyl sites for hydroxylation is 1. The summed E-state index contributed by atoms with van der Waals surface area (Å²) in [6.45, 7) is 4.87. The first-order valence-corrected chi connectivity index (χ1v) is 4.60. The molecule has 74 valence electrons. The van der Waals surface area contributed by atoms with Gasteiger partial charge in [-0.15, -0.1) is 0 Å². The lowest BCUT2D eigenvalue weighted by molar-refractivity contribution is -0.126. The van der Waals surface area contributed by atoms with Gasteiger partial charge in [-0.2, -0.15) is 0 Å². The van der Waals surface area contributed by atoms with Crippen molar-refractivity contribution in [2.24, 2.45) is 0 Å². The van der Waals surface area contributed by atoms with Crippen LogP contribution in [0.1, 0.15) is 30.9 Å². The molecule has 0 heterocycles.